The van der Waals surface area contributed by atoms with Crippen molar-refractivity contribution in [2.24, 2.45) is 0 Å². The van der Waals surface area contributed by atoms with Gasteiger partial charge in [-0.25, -0.2) is 8.78 Å². The van der Waals surface area contributed by atoms with Crippen LogP contribution in [0.25, 0.3) is 21.8 Å². The molecule has 0 aliphatic rings. The molecule has 1 heterocycles. The normalized spacial score (nSPS) is 12.3. The minimum Gasteiger partial charge on any atom is -0.340 e. The molecule has 2 aromatic carbocycles. The third-order valence-electron chi connectivity index (χ3n) is 4.50. The van der Waals surface area contributed by atoms with E-state index in [4.69, 9.17) is 9.05 Å². The smallest absolute Gasteiger partial charge is 0.330 e. The first-order valence-electron chi connectivity index (χ1n) is 9.22. The Balaban J connectivity index is 1.81. The molecule has 7 heteroatoms. The third kappa shape index (κ3) is 4.40. The first-order chi connectivity index (χ1) is 13.0. The lowest BCUT2D eigenvalue weighted by molar-refractivity contribution is 0.219. The zero-order valence-electron chi connectivity index (χ0n) is 15.6. The number of halogens is 2. The number of rotatable bonds is 9. The predicted molar refractivity (Wildman–Crippen MR) is 104 cm³/mol. The number of benzene rings is 2. The first kappa shape index (κ1) is 20.0. The van der Waals surface area contributed by atoms with E-state index in [0.29, 0.717) is 43.1 Å². The van der Waals surface area contributed by atoms with Crippen LogP contribution in [0.15, 0.2) is 36.4 Å². The fourth-order valence-electron chi connectivity index (χ4n) is 3.42. The zero-order chi connectivity index (χ0) is 19.4. The van der Waals surface area contributed by atoms with Gasteiger partial charge in [0.05, 0.1) is 19.4 Å². The highest BCUT2D eigenvalue weighted by atomic mass is 31.2. The SMILES string of the molecule is CCOP(=O)(CCCCn1c2ccc(F)cc2c2cc(F)ccc21)OCC. The molecular formula is C20H24F2NO3P. The van der Waals surface area contributed by atoms with E-state index >= 15 is 0 Å². The summed E-state index contributed by atoms with van der Waals surface area (Å²) < 4.78 is 52.6. The topological polar surface area (TPSA) is 40.5 Å². The highest BCUT2D eigenvalue weighted by Crippen LogP contribution is 2.48. The molecule has 0 aliphatic carbocycles. The van der Waals surface area contributed by atoms with Crippen LogP contribution in [-0.4, -0.2) is 23.9 Å². The van der Waals surface area contributed by atoms with E-state index in [1.165, 1.54) is 24.3 Å². The lowest BCUT2D eigenvalue weighted by Crippen LogP contribution is -2.03. The summed E-state index contributed by atoms with van der Waals surface area (Å²) in [5.41, 5.74) is 1.71. The molecule has 3 rings (SSSR count). The third-order valence-corrected chi connectivity index (χ3v) is 6.67. The molecule has 0 saturated heterocycles. The van der Waals surface area contributed by atoms with E-state index in [-0.39, 0.29) is 11.6 Å². The Morgan fingerprint density at radius 1 is 0.889 bits per heavy atom. The van der Waals surface area contributed by atoms with Gasteiger partial charge in [0, 0.05) is 28.4 Å². The standard InChI is InChI=1S/C20H24F2NO3P/c1-3-25-27(24,26-4-2)12-6-5-11-23-19-9-7-15(21)13-17(19)18-14-16(22)8-10-20(18)23/h7-10,13-14H,3-6,11-12H2,1-2H3. The van der Waals surface area contributed by atoms with Crippen LogP contribution in [0, 0.1) is 11.6 Å². The maximum atomic E-state index is 13.7. The van der Waals surface area contributed by atoms with Crippen molar-refractivity contribution in [3.05, 3.63) is 48.0 Å². The molecule has 0 spiro atoms. The molecule has 0 fully saturated rings. The number of unbranched alkanes of at least 4 members (excludes halogenated alkanes) is 1. The molecule has 3 aromatic rings. The van der Waals surface area contributed by atoms with Crippen LogP contribution in [0.1, 0.15) is 26.7 Å². The number of aryl methyl sites for hydroxylation is 1. The Bertz CT molecular complexity index is 917. The van der Waals surface area contributed by atoms with Crippen molar-refractivity contribution < 1.29 is 22.4 Å². The van der Waals surface area contributed by atoms with Gasteiger partial charge >= 0.3 is 7.60 Å². The average molecular weight is 395 g/mol. The summed E-state index contributed by atoms with van der Waals surface area (Å²) in [5.74, 6) is -0.694. The quantitative estimate of drug-likeness (QED) is 0.324. The molecule has 27 heavy (non-hydrogen) atoms. The summed E-state index contributed by atoms with van der Waals surface area (Å²) in [4.78, 5) is 0. The Kier molecular flexibility index (Phi) is 6.30. The Labute approximate surface area is 157 Å². The molecule has 146 valence electrons. The Morgan fingerprint density at radius 2 is 1.41 bits per heavy atom. The van der Waals surface area contributed by atoms with E-state index in [1.54, 1.807) is 26.0 Å². The molecule has 0 atom stereocenters. The van der Waals surface area contributed by atoms with Gasteiger partial charge in [-0.1, -0.05) is 0 Å². The van der Waals surface area contributed by atoms with Gasteiger partial charge in [-0.15, -0.1) is 0 Å². The van der Waals surface area contributed by atoms with Crippen molar-refractivity contribution in [2.45, 2.75) is 33.2 Å². The van der Waals surface area contributed by atoms with Crippen molar-refractivity contribution in [1.82, 2.24) is 4.57 Å². The van der Waals surface area contributed by atoms with E-state index in [9.17, 15) is 13.3 Å². The molecule has 0 saturated carbocycles. The van der Waals surface area contributed by atoms with Gasteiger partial charge in [0.1, 0.15) is 11.6 Å². The molecular weight excluding hydrogens is 371 g/mol. The molecule has 0 aliphatic heterocycles. The van der Waals surface area contributed by atoms with Crippen LogP contribution in [0.3, 0.4) is 0 Å². The second-order valence-electron chi connectivity index (χ2n) is 6.35. The monoisotopic (exact) mass is 395 g/mol. The summed E-state index contributed by atoms with van der Waals surface area (Å²) >= 11 is 0. The molecule has 0 radical (unpaired) electrons. The molecule has 1 aromatic heterocycles. The Morgan fingerprint density at radius 3 is 1.89 bits per heavy atom. The van der Waals surface area contributed by atoms with Gasteiger partial charge in [-0.2, -0.15) is 0 Å². The lowest BCUT2D eigenvalue weighted by Gasteiger charge is -2.17. The average Bonchev–Trinajstić information content (AvgIpc) is 2.92. The van der Waals surface area contributed by atoms with Gasteiger partial charge < -0.3 is 13.6 Å². The number of hydrogen-bond donors (Lipinski definition) is 0. The summed E-state index contributed by atoms with van der Waals surface area (Å²) in [7, 11) is -3.04. The van der Waals surface area contributed by atoms with Crippen LogP contribution >= 0.6 is 7.60 Å². The zero-order valence-corrected chi connectivity index (χ0v) is 16.5. The van der Waals surface area contributed by atoms with Crippen molar-refractivity contribution in [1.29, 1.82) is 0 Å². The lowest BCUT2D eigenvalue weighted by atomic mass is 10.1. The summed E-state index contributed by atoms with van der Waals surface area (Å²) in [5, 5.41) is 1.39. The maximum Gasteiger partial charge on any atom is 0.330 e. The molecule has 0 N–H and O–H groups in total. The first-order valence-corrected chi connectivity index (χ1v) is 11.0. The minimum absolute atomic E-state index is 0.347. The van der Waals surface area contributed by atoms with Crippen LogP contribution in [-0.2, 0) is 20.2 Å². The van der Waals surface area contributed by atoms with Crippen LogP contribution < -0.4 is 0 Å². The molecule has 0 bridgehead atoms. The minimum atomic E-state index is -3.04. The summed E-state index contributed by atoms with van der Waals surface area (Å²) in [6, 6.07) is 9.12. The van der Waals surface area contributed by atoms with Gasteiger partial charge in [0.2, 0.25) is 0 Å². The van der Waals surface area contributed by atoms with Crippen molar-refractivity contribution >= 4 is 29.4 Å². The second kappa shape index (κ2) is 8.51. The van der Waals surface area contributed by atoms with Crippen molar-refractivity contribution in [3.8, 4) is 0 Å². The highest BCUT2D eigenvalue weighted by molar-refractivity contribution is 7.53. The Hall–Kier alpha value is -1.75. The second-order valence-corrected chi connectivity index (χ2v) is 8.54. The molecule has 4 nitrogen and oxygen atoms in total. The van der Waals surface area contributed by atoms with Crippen molar-refractivity contribution in [3.63, 3.8) is 0 Å². The summed E-state index contributed by atoms with van der Waals surface area (Å²) in [6.07, 6.45) is 1.77. The predicted octanol–water partition coefficient (Wildman–Crippen LogP) is 6.12. The maximum absolute atomic E-state index is 13.7. The van der Waals surface area contributed by atoms with E-state index in [0.717, 1.165) is 17.5 Å². The van der Waals surface area contributed by atoms with Crippen molar-refractivity contribution in [2.75, 3.05) is 19.4 Å². The van der Waals surface area contributed by atoms with E-state index < -0.39 is 7.60 Å². The van der Waals surface area contributed by atoms with E-state index in [1.807, 2.05) is 0 Å². The molecule has 0 amide bonds. The van der Waals surface area contributed by atoms with Gasteiger partial charge in [-0.3, -0.25) is 4.57 Å². The number of hydrogen-bond acceptors (Lipinski definition) is 3. The number of aromatic nitrogens is 1. The number of nitrogens with zero attached hydrogens (tertiary/aromatic N) is 1. The number of fused-ring (bicyclic) bond motifs is 3. The van der Waals surface area contributed by atoms with Crippen LogP contribution in [0.2, 0.25) is 0 Å². The van der Waals surface area contributed by atoms with Gasteiger partial charge in [0.25, 0.3) is 0 Å². The molecule has 0 unspecified atom stereocenters. The van der Waals surface area contributed by atoms with Gasteiger partial charge in [0.15, 0.2) is 0 Å². The van der Waals surface area contributed by atoms with Gasteiger partial charge in [-0.05, 0) is 63.1 Å². The summed E-state index contributed by atoms with van der Waals surface area (Å²) in [6.45, 7) is 4.93. The fourth-order valence-corrected chi connectivity index (χ4v) is 5.15. The largest absolute Gasteiger partial charge is 0.340 e. The fraction of sp³-hybridized carbons (Fsp3) is 0.400. The van der Waals surface area contributed by atoms with Crippen LogP contribution in [0.4, 0.5) is 8.78 Å². The van der Waals surface area contributed by atoms with Crippen LogP contribution in [0.5, 0.6) is 0 Å². The van der Waals surface area contributed by atoms with E-state index in [2.05, 4.69) is 4.57 Å². The highest BCUT2D eigenvalue weighted by Gasteiger charge is 2.22.